The molecule has 0 bridgehead atoms. The summed E-state index contributed by atoms with van der Waals surface area (Å²) in [6.45, 7) is 4.61. The van der Waals surface area contributed by atoms with Gasteiger partial charge in [0.1, 0.15) is 5.56 Å². The SMILES string of the molecule is CCCn1cc(C(=O)NCc2ccc(S(C)(=O)=O)cn2)c(=O)c(Br)c1C. The van der Waals surface area contributed by atoms with E-state index in [1.54, 1.807) is 6.20 Å². The number of pyridine rings is 2. The Morgan fingerprint density at radius 3 is 2.58 bits per heavy atom. The maximum Gasteiger partial charge on any atom is 0.257 e. The van der Waals surface area contributed by atoms with E-state index >= 15 is 0 Å². The maximum atomic E-state index is 12.4. The summed E-state index contributed by atoms with van der Waals surface area (Å²) in [6, 6.07) is 2.96. The van der Waals surface area contributed by atoms with Gasteiger partial charge in [-0.2, -0.15) is 0 Å². The van der Waals surface area contributed by atoms with Crippen LogP contribution in [-0.4, -0.2) is 30.1 Å². The van der Waals surface area contributed by atoms with Crippen molar-refractivity contribution in [3.8, 4) is 0 Å². The van der Waals surface area contributed by atoms with E-state index in [0.29, 0.717) is 16.7 Å². The summed E-state index contributed by atoms with van der Waals surface area (Å²) in [5.41, 5.74) is 0.939. The lowest BCUT2D eigenvalue weighted by Gasteiger charge is -2.13. The van der Waals surface area contributed by atoms with Gasteiger partial charge >= 0.3 is 0 Å². The summed E-state index contributed by atoms with van der Waals surface area (Å²) in [5.74, 6) is -0.505. The van der Waals surface area contributed by atoms with Crippen molar-refractivity contribution in [1.82, 2.24) is 14.9 Å². The first-order chi connectivity index (χ1) is 12.1. The Morgan fingerprint density at radius 2 is 2.04 bits per heavy atom. The van der Waals surface area contributed by atoms with Crippen molar-refractivity contribution >= 4 is 31.7 Å². The lowest BCUT2D eigenvalue weighted by Crippen LogP contribution is -2.30. The lowest BCUT2D eigenvalue weighted by atomic mass is 10.2. The molecule has 26 heavy (non-hydrogen) atoms. The van der Waals surface area contributed by atoms with Gasteiger partial charge in [0.2, 0.25) is 5.43 Å². The van der Waals surface area contributed by atoms with Crippen LogP contribution in [0.15, 0.2) is 38.7 Å². The quantitative estimate of drug-likeness (QED) is 0.739. The number of amides is 1. The number of rotatable bonds is 6. The van der Waals surface area contributed by atoms with Gasteiger partial charge in [0.25, 0.3) is 5.91 Å². The van der Waals surface area contributed by atoms with Crippen LogP contribution in [0.3, 0.4) is 0 Å². The Labute approximate surface area is 160 Å². The fourth-order valence-corrected chi connectivity index (χ4v) is 3.36. The molecule has 1 amide bonds. The predicted octanol–water partition coefficient (Wildman–Crippen LogP) is 2.06. The number of hydrogen-bond acceptors (Lipinski definition) is 5. The highest BCUT2D eigenvalue weighted by Gasteiger charge is 2.16. The molecule has 0 spiro atoms. The van der Waals surface area contributed by atoms with Gasteiger partial charge in [0, 0.05) is 30.9 Å². The third-order valence-electron chi connectivity index (χ3n) is 3.84. The van der Waals surface area contributed by atoms with Crippen LogP contribution in [0.2, 0.25) is 0 Å². The van der Waals surface area contributed by atoms with E-state index in [2.05, 4.69) is 26.2 Å². The highest BCUT2D eigenvalue weighted by molar-refractivity contribution is 9.10. The predicted molar refractivity (Wildman–Crippen MR) is 102 cm³/mol. The summed E-state index contributed by atoms with van der Waals surface area (Å²) in [7, 11) is -3.32. The zero-order chi connectivity index (χ0) is 19.5. The number of nitrogens with one attached hydrogen (secondary N) is 1. The Kier molecular flexibility index (Phi) is 6.35. The van der Waals surface area contributed by atoms with Gasteiger partial charge in [-0.15, -0.1) is 0 Å². The minimum Gasteiger partial charge on any atom is -0.350 e. The molecule has 2 rings (SSSR count). The van der Waals surface area contributed by atoms with Crippen LogP contribution in [0.25, 0.3) is 0 Å². The van der Waals surface area contributed by atoms with Crippen LogP contribution in [0.5, 0.6) is 0 Å². The van der Waals surface area contributed by atoms with E-state index in [9.17, 15) is 18.0 Å². The minimum atomic E-state index is -3.32. The smallest absolute Gasteiger partial charge is 0.257 e. The molecule has 2 aromatic heterocycles. The topological polar surface area (TPSA) is 98.1 Å². The van der Waals surface area contributed by atoms with Gasteiger partial charge in [-0.3, -0.25) is 14.6 Å². The number of aromatic nitrogens is 2. The van der Waals surface area contributed by atoms with Crippen molar-refractivity contribution in [2.45, 2.75) is 38.3 Å². The molecule has 2 aromatic rings. The zero-order valence-electron chi connectivity index (χ0n) is 14.7. The molecule has 9 heteroatoms. The van der Waals surface area contributed by atoms with Gasteiger partial charge in [-0.05, 0) is 41.4 Å². The molecule has 0 aliphatic rings. The van der Waals surface area contributed by atoms with Crippen molar-refractivity contribution in [3.05, 3.63) is 56.2 Å². The van der Waals surface area contributed by atoms with E-state index in [1.165, 1.54) is 18.3 Å². The molecule has 0 saturated carbocycles. The fraction of sp³-hybridized carbons (Fsp3) is 0.353. The average molecular weight is 442 g/mol. The highest BCUT2D eigenvalue weighted by atomic mass is 79.9. The van der Waals surface area contributed by atoms with Gasteiger partial charge in [-0.25, -0.2) is 8.42 Å². The van der Waals surface area contributed by atoms with Crippen molar-refractivity contribution < 1.29 is 13.2 Å². The number of hydrogen-bond donors (Lipinski definition) is 1. The van der Waals surface area contributed by atoms with Crippen LogP contribution >= 0.6 is 15.9 Å². The van der Waals surface area contributed by atoms with Crippen LogP contribution in [-0.2, 0) is 22.9 Å². The third kappa shape index (κ3) is 4.59. The van der Waals surface area contributed by atoms with Crippen LogP contribution in [0, 0.1) is 6.92 Å². The first kappa shape index (κ1) is 20.3. The first-order valence-electron chi connectivity index (χ1n) is 7.98. The van der Waals surface area contributed by atoms with E-state index in [0.717, 1.165) is 18.4 Å². The normalized spacial score (nSPS) is 11.4. The lowest BCUT2D eigenvalue weighted by molar-refractivity contribution is 0.0948. The largest absolute Gasteiger partial charge is 0.350 e. The van der Waals surface area contributed by atoms with E-state index in [4.69, 9.17) is 0 Å². The third-order valence-corrected chi connectivity index (χ3v) is 5.87. The molecule has 140 valence electrons. The summed E-state index contributed by atoms with van der Waals surface area (Å²) in [5, 5.41) is 2.65. The van der Waals surface area contributed by atoms with Gasteiger partial charge in [-0.1, -0.05) is 6.92 Å². The van der Waals surface area contributed by atoms with Crippen molar-refractivity contribution in [3.63, 3.8) is 0 Å². The van der Waals surface area contributed by atoms with Crippen LogP contribution < -0.4 is 10.7 Å². The molecule has 1 N–H and O–H groups in total. The second-order valence-electron chi connectivity index (χ2n) is 5.90. The van der Waals surface area contributed by atoms with Gasteiger partial charge < -0.3 is 9.88 Å². The molecule has 0 fully saturated rings. The summed E-state index contributed by atoms with van der Waals surface area (Å²) >= 11 is 3.26. The number of halogens is 1. The number of aryl methyl sites for hydroxylation is 1. The molecule has 0 radical (unpaired) electrons. The molecule has 0 aliphatic heterocycles. The summed E-state index contributed by atoms with van der Waals surface area (Å²) in [6.07, 6.45) is 4.77. The molecule has 2 heterocycles. The Morgan fingerprint density at radius 1 is 1.35 bits per heavy atom. The Balaban J connectivity index is 2.19. The fourth-order valence-electron chi connectivity index (χ4n) is 2.36. The molecule has 0 atom stereocenters. The van der Waals surface area contributed by atoms with Crippen LogP contribution in [0.1, 0.15) is 35.1 Å². The zero-order valence-corrected chi connectivity index (χ0v) is 17.1. The summed E-state index contributed by atoms with van der Waals surface area (Å²) < 4.78 is 25.1. The van der Waals surface area contributed by atoms with Crippen LogP contribution in [0.4, 0.5) is 0 Å². The van der Waals surface area contributed by atoms with E-state index in [1.807, 2.05) is 18.4 Å². The van der Waals surface area contributed by atoms with Crippen molar-refractivity contribution in [2.24, 2.45) is 0 Å². The van der Waals surface area contributed by atoms with E-state index < -0.39 is 15.7 Å². The minimum absolute atomic E-state index is 0.0451. The van der Waals surface area contributed by atoms with E-state index in [-0.39, 0.29) is 22.4 Å². The van der Waals surface area contributed by atoms with Crippen molar-refractivity contribution in [1.29, 1.82) is 0 Å². The number of carbonyl (C=O) groups is 1. The first-order valence-corrected chi connectivity index (χ1v) is 10.7. The number of sulfone groups is 1. The Hall–Kier alpha value is -2.00. The molecule has 0 aliphatic carbocycles. The summed E-state index contributed by atoms with van der Waals surface area (Å²) in [4.78, 5) is 28.9. The highest BCUT2D eigenvalue weighted by Crippen LogP contribution is 2.13. The number of nitrogens with zero attached hydrogens (tertiary/aromatic N) is 2. The molecular weight excluding hydrogens is 422 g/mol. The molecular formula is C17H20BrN3O4S. The second-order valence-corrected chi connectivity index (χ2v) is 8.71. The number of carbonyl (C=O) groups excluding carboxylic acids is 1. The molecule has 0 aromatic carbocycles. The average Bonchev–Trinajstić information content (AvgIpc) is 2.60. The Bertz CT molecular complexity index is 982. The molecule has 0 saturated heterocycles. The molecule has 0 unspecified atom stereocenters. The monoisotopic (exact) mass is 441 g/mol. The molecule has 7 nitrogen and oxygen atoms in total. The second kappa shape index (κ2) is 8.13. The standard InChI is InChI=1S/C17H20BrN3O4S/c1-4-7-21-10-14(16(22)15(18)11(21)2)17(23)20-8-12-5-6-13(9-19-12)26(3,24)25/h5-6,9-10H,4,7-8H2,1-3H3,(H,20,23). The maximum absolute atomic E-state index is 12.4. The van der Waals surface area contributed by atoms with Gasteiger partial charge in [0.05, 0.1) is 21.6 Å². The van der Waals surface area contributed by atoms with Gasteiger partial charge in [0.15, 0.2) is 9.84 Å². The van der Waals surface area contributed by atoms with Crippen molar-refractivity contribution in [2.75, 3.05) is 6.26 Å².